The maximum absolute atomic E-state index is 5.75. The molecular formula is C7H12Cl2O. The fourth-order valence-corrected chi connectivity index (χ4v) is 1.11. The molecule has 60 valence electrons. The summed E-state index contributed by atoms with van der Waals surface area (Å²) in [4.78, 5) is 0. The van der Waals surface area contributed by atoms with Gasteiger partial charge in [-0.2, -0.15) is 0 Å². The molecule has 1 aliphatic carbocycles. The Morgan fingerprint density at radius 1 is 1.40 bits per heavy atom. The van der Waals surface area contributed by atoms with Crippen molar-refractivity contribution in [2.24, 2.45) is 0 Å². The van der Waals surface area contributed by atoms with Crippen molar-refractivity contribution in [3.63, 3.8) is 0 Å². The third kappa shape index (κ3) is 2.30. The van der Waals surface area contributed by atoms with Crippen LogP contribution in [-0.4, -0.2) is 16.0 Å². The van der Waals surface area contributed by atoms with Gasteiger partial charge in [-0.05, 0) is 20.8 Å². The van der Waals surface area contributed by atoms with E-state index in [0.717, 1.165) is 6.42 Å². The Balaban J connectivity index is 2.31. The number of alkyl halides is 2. The molecule has 0 N–H and O–H groups in total. The summed E-state index contributed by atoms with van der Waals surface area (Å²) >= 11 is 11.5. The first-order chi connectivity index (χ1) is 4.31. The van der Waals surface area contributed by atoms with Crippen LogP contribution in [0.1, 0.15) is 27.2 Å². The molecule has 0 amide bonds. The first-order valence-corrected chi connectivity index (χ1v) is 4.12. The fourth-order valence-electron chi connectivity index (χ4n) is 0.743. The molecule has 0 radical (unpaired) electrons. The molecule has 0 aromatic heterocycles. The minimum absolute atomic E-state index is 0.0378. The van der Waals surface area contributed by atoms with E-state index >= 15 is 0 Å². The summed E-state index contributed by atoms with van der Waals surface area (Å²) in [6.07, 6.45) is 0.795. The van der Waals surface area contributed by atoms with E-state index in [4.69, 9.17) is 27.9 Å². The van der Waals surface area contributed by atoms with Crippen LogP contribution >= 0.6 is 23.2 Å². The van der Waals surface area contributed by atoms with Crippen molar-refractivity contribution < 1.29 is 4.74 Å². The Kier molecular flexibility index (Phi) is 1.95. The Morgan fingerprint density at radius 2 is 1.80 bits per heavy atom. The highest BCUT2D eigenvalue weighted by Gasteiger charge is 2.54. The van der Waals surface area contributed by atoms with Crippen LogP contribution in [0.4, 0.5) is 0 Å². The summed E-state index contributed by atoms with van der Waals surface area (Å²) in [5.74, 6) is 0. The Hall–Kier alpha value is 0.540. The number of ether oxygens (including phenoxy) is 1. The van der Waals surface area contributed by atoms with Gasteiger partial charge in [0.2, 0.25) is 0 Å². The molecule has 1 atom stereocenters. The highest BCUT2D eigenvalue weighted by Crippen LogP contribution is 2.50. The lowest BCUT2D eigenvalue weighted by molar-refractivity contribution is -0.0162. The standard InChI is InChI=1S/C7H12Cl2O/c1-6(2,3)10-5-4-7(5,8)9/h5H,4H2,1-3H3/t5-/m1/s1. The van der Waals surface area contributed by atoms with Gasteiger partial charge in [0.25, 0.3) is 0 Å². The summed E-state index contributed by atoms with van der Waals surface area (Å²) in [6, 6.07) is 0. The van der Waals surface area contributed by atoms with Gasteiger partial charge in [0.15, 0.2) is 0 Å². The van der Waals surface area contributed by atoms with Crippen molar-refractivity contribution in [1.29, 1.82) is 0 Å². The minimum atomic E-state index is -0.604. The highest BCUT2D eigenvalue weighted by molar-refractivity contribution is 6.51. The molecule has 0 spiro atoms. The van der Waals surface area contributed by atoms with E-state index in [2.05, 4.69) is 0 Å². The average molecular weight is 183 g/mol. The van der Waals surface area contributed by atoms with E-state index in [0.29, 0.717) is 0 Å². The van der Waals surface area contributed by atoms with Crippen LogP contribution in [0.25, 0.3) is 0 Å². The summed E-state index contributed by atoms with van der Waals surface area (Å²) in [7, 11) is 0. The molecular weight excluding hydrogens is 171 g/mol. The van der Waals surface area contributed by atoms with Crippen molar-refractivity contribution in [2.75, 3.05) is 0 Å². The Labute approximate surface area is 71.6 Å². The van der Waals surface area contributed by atoms with E-state index in [9.17, 15) is 0 Å². The molecule has 0 unspecified atom stereocenters. The van der Waals surface area contributed by atoms with Crippen LogP contribution in [0.3, 0.4) is 0 Å². The summed E-state index contributed by atoms with van der Waals surface area (Å²) < 4.78 is 4.90. The maximum Gasteiger partial charge on any atom is 0.146 e. The summed E-state index contributed by atoms with van der Waals surface area (Å²) in [5, 5.41) is 0. The SMILES string of the molecule is CC(C)(C)O[C@@H]1CC1(Cl)Cl. The second-order valence-corrected chi connectivity index (χ2v) is 5.23. The topological polar surface area (TPSA) is 9.23 Å². The predicted octanol–water partition coefficient (Wildman–Crippen LogP) is 2.75. The number of halogens is 2. The van der Waals surface area contributed by atoms with Crippen LogP contribution in [0, 0.1) is 0 Å². The van der Waals surface area contributed by atoms with Crippen LogP contribution < -0.4 is 0 Å². The maximum atomic E-state index is 5.75. The van der Waals surface area contributed by atoms with E-state index in [-0.39, 0.29) is 11.7 Å². The van der Waals surface area contributed by atoms with E-state index in [1.807, 2.05) is 20.8 Å². The van der Waals surface area contributed by atoms with Crippen molar-refractivity contribution in [1.82, 2.24) is 0 Å². The summed E-state index contributed by atoms with van der Waals surface area (Å²) in [6.45, 7) is 5.99. The smallest absolute Gasteiger partial charge is 0.146 e. The monoisotopic (exact) mass is 182 g/mol. The minimum Gasteiger partial charge on any atom is -0.369 e. The number of rotatable bonds is 1. The number of hydrogen-bond donors (Lipinski definition) is 0. The lowest BCUT2D eigenvalue weighted by atomic mass is 10.2. The highest BCUT2D eigenvalue weighted by atomic mass is 35.5. The Morgan fingerprint density at radius 3 is 1.90 bits per heavy atom. The van der Waals surface area contributed by atoms with Gasteiger partial charge in [0.1, 0.15) is 4.33 Å². The second-order valence-electron chi connectivity index (χ2n) is 3.68. The van der Waals surface area contributed by atoms with Crippen molar-refractivity contribution >= 4 is 23.2 Å². The molecule has 10 heavy (non-hydrogen) atoms. The molecule has 0 aliphatic heterocycles. The molecule has 0 heterocycles. The van der Waals surface area contributed by atoms with E-state index in [1.54, 1.807) is 0 Å². The van der Waals surface area contributed by atoms with Crippen LogP contribution in [-0.2, 0) is 4.74 Å². The van der Waals surface area contributed by atoms with Crippen LogP contribution in [0.5, 0.6) is 0 Å². The van der Waals surface area contributed by atoms with E-state index in [1.165, 1.54) is 0 Å². The normalized spacial score (nSPS) is 30.3. The molecule has 0 aromatic carbocycles. The van der Waals surface area contributed by atoms with Gasteiger partial charge in [0, 0.05) is 6.42 Å². The molecule has 1 saturated carbocycles. The lowest BCUT2D eigenvalue weighted by Gasteiger charge is -2.19. The van der Waals surface area contributed by atoms with Gasteiger partial charge >= 0.3 is 0 Å². The molecule has 0 bridgehead atoms. The largest absolute Gasteiger partial charge is 0.369 e. The van der Waals surface area contributed by atoms with Crippen LogP contribution in [0.15, 0.2) is 0 Å². The van der Waals surface area contributed by atoms with Gasteiger partial charge < -0.3 is 4.74 Å². The first kappa shape index (κ1) is 8.63. The van der Waals surface area contributed by atoms with Gasteiger partial charge in [-0.15, -0.1) is 0 Å². The zero-order chi connectivity index (χ0) is 7.99. The molecule has 1 rings (SSSR count). The third-order valence-corrected chi connectivity index (χ3v) is 2.06. The molecule has 1 fully saturated rings. The quantitative estimate of drug-likeness (QED) is 0.568. The van der Waals surface area contributed by atoms with Gasteiger partial charge in [-0.1, -0.05) is 23.2 Å². The first-order valence-electron chi connectivity index (χ1n) is 3.37. The fraction of sp³-hybridized carbons (Fsp3) is 1.00. The van der Waals surface area contributed by atoms with Crippen molar-refractivity contribution in [3.8, 4) is 0 Å². The van der Waals surface area contributed by atoms with Crippen molar-refractivity contribution in [2.45, 2.75) is 43.2 Å². The zero-order valence-electron chi connectivity index (χ0n) is 6.45. The van der Waals surface area contributed by atoms with Gasteiger partial charge in [-0.25, -0.2) is 0 Å². The Bertz CT molecular complexity index is 137. The van der Waals surface area contributed by atoms with Crippen LogP contribution in [0.2, 0.25) is 0 Å². The average Bonchev–Trinajstić information content (AvgIpc) is 2.05. The predicted molar refractivity (Wildman–Crippen MR) is 43.7 cm³/mol. The third-order valence-electron chi connectivity index (χ3n) is 1.26. The van der Waals surface area contributed by atoms with Gasteiger partial charge in [-0.3, -0.25) is 0 Å². The second kappa shape index (κ2) is 2.26. The molecule has 1 aliphatic rings. The van der Waals surface area contributed by atoms with Gasteiger partial charge in [0.05, 0.1) is 11.7 Å². The lowest BCUT2D eigenvalue weighted by Crippen LogP contribution is -2.22. The number of hydrogen-bond acceptors (Lipinski definition) is 1. The summed E-state index contributed by atoms with van der Waals surface area (Å²) in [5.41, 5.74) is -0.129. The van der Waals surface area contributed by atoms with Crippen molar-refractivity contribution in [3.05, 3.63) is 0 Å². The molecule has 3 heteroatoms. The molecule has 1 nitrogen and oxygen atoms in total. The molecule has 0 aromatic rings. The zero-order valence-corrected chi connectivity index (χ0v) is 7.96. The van der Waals surface area contributed by atoms with E-state index < -0.39 is 4.33 Å². The molecule has 0 saturated heterocycles.